The largest absolute Gasteiger partial charge is 0.463 e. The summed E-state index contributed by atoms with van der Waals surface area (Å²) < 4.78 is 27.8. The van der Waals surface area contributed by atoms with Gasteiger partial charge >= 0.3 is 24.0 Å². The van der Waals surface area contributed by atoms with Crippen molar-refractivity contribution < 1.29 is 48.0 Å². The van der Waals surface area contributed by atoms with Crippen LogP contribution in [0.2, 0.25) is 0 Å². The number of aromatic amines is 1. The predicted molar refractivity (Wildman–Crippen MR) is 147 cm³/mol. The first-order valence-corrected chi connectivity index (χ1v) is 13.4. The van der Waals surface area contributed by atoms with Gasteiger partial charge in [-0.1, -0.05) is 27.7 Å². The summed E-state index contributed by atoms with van der Waals surface area (Å²) in [4.78, 5) is 60.9. The molecule has 3 heterocycles. The molecule has 0 bridgehead atoms. The Morgan fingerprint density at radius 3 is 2.47 bits per heavy atom. The molecule has 1 amide bonds. The molecule has 0 saturated carbocycles. The van der Waals surface area contributed by atoms with Gasteiger partial charge < -0.3 is 28.8 Å². The molecule has 2 aromatic heterocycles. The number of esters is 3. The van der Waals surface area contributed by atoms with Crippen molar-refractivity contribution in [3.8, 4) is 0 Å². The Labute approximate surface area is 244 Å². The highest BCUT2D eigenvalue weighted by atomic mass is 16.7. The Balaban J connectivity index is 1.77. The molecule has 1 aliphatic rings. The maximum atomic E-state index is 12.7. The number of anilines is 1. The van der Waals surface area contributed by atoms with Crippen LogP contribution < -0.4 is 10.9 Å². The van der Waals surface area contributed by atoms with Gasteiger partial charge in [0, 0.05) is 23.9 Å². The molecule has 43 heavy (non-hydrogen) atoms. The maximum absolute atomic E-state index is 12.7. The fraction of sp³-hybridized carbons (Fsp3) is 0.519. The summed E-state index contributed by atoms with van der Waals surface area (Å²) in [6, 6.07) is 1.38. The van der Waals surface area contributed by atoms with Gasteiger partial charge in [0.05, 0.1) is 29.1 Å². The van der Waals surface area contributed by atoms with Gasteiger partial charge in [0.15, 0.2) is 12.3 Å². The van der Waals surface area contributed by atoms with Gasteiger partial charge in [0.2, 0.25) is 6.79 Å². The summed E-state index contributed by atoms with van der Waals surface area (Å²) in [7, 11) is 0. The Morgan fingerprint density at radius 2 is 1.81 bits per heavy atom. The highest BCUT2D eigenvalue weighted by molar-refractivity contribution is 6.16. The summed E-state index contributed by atoms with van der Waals surface area (Å²) >= 11 is 0. The van der Waals surface area contributed by atoms with Crippen molar-refractivity contribution in [3.05, 3.63) is 28.8 Å². The van der Waals surface area contributed by atoms with Gasteiger partial charge in [-0.25, -0.2) is 14.6 Å². The molecule has 4 atom stereocenters. The van der Waals surface area contributed by atoms with Crippen molar-refractivity contribution in [2.24, 2.45) is 11.8 Å². The number of nitrogens with zero attached hydrogens (tertiary/aromatic N) is 3. The summed E-state index contributed by atoms with van der Waals surface area (Å²) in [6.45, 7) is 8.15. The van der Waals surface area contributed by atoms with E-state index >= 15 is 0 Å². The van der Waals surface area contributed by atoms with Crippen molar-refractivity contribution >= 4 is 51.4 Å². The molecule has 16 heteroatoms. The number of ether oxygens (including phenoxy) is 5. The number of amides is 1. The van der Waals surface area contributed by atoms with Gasteiger partial charge in [-0.15, -0.1) is 0 Å². The van der Waals surface area contributed by atoms with E-state index in [1.807, 2.05) is 0 Å². The molecule has 3 aromatic rings. The third kappa shape index (κ3) is 6.59. The molecular formula is C27H33N5O11. The second kappa shape index (κ2) is 12.3. The first-order chi connectivity index (χ1) is 20.2. The number of nitrogens with one attached hydrogen (secondary N) is 2. The van der Waals surface area contributed by atoms with Crippen LogP contribution in [0, 0.1) is 11.8 Å². The molecule has 16 nitrogen and oxygen atoms in total. The number of carbonyl (C=O) groups excluding carboxylic acids is 4. The van der Waals surface area contributed by atoms with Gasteiger partial charge in [-0.2, -0.15) is 10.2 Å². The Kier molecular flexibility index (Phi) is 9.01. The lowest BCUT2D eigenvalue weighted by atomic mass is 9.96. The van der Waals surface area contributed by atoms with Crippen LogP contribution in [0.3, 0.4) is 0 Å². The first kappa shape index (κ1) is 31.4. The smallest absolute Gasteiger partial charge is 0.414 e. The third-order valence-corrected chi connectivity index (χ3v) is 6.68. The topological polar surface area (TPSA) is 210 Å². The van der Waals surface area contributed by atoms with Crippen LogP contribution in [0.4, 0.5) is 10.5 Å². The molecule has 4 unspecified atom stereocenters. The van der Waals surface area contributed by atoms with Crippen LogP contribution in [0.25, 0.3) is 21.7 Å². The molecule has 1 fully saturated rings. The van der Waals surface area contributed by atoms with E-state index in [1.165, 1.54) is 30.1 Å². The second-order valence-electron chi connectivity index (χ2n) is 10.8. The maximum Gasteiger partial charge on any atom is 0.414 e. The minimum absolute atomic E-state index is 0.128. The van der Waals surface area contributed by atoms with Crippen molar-refractivity contribution in [2.75, 3.05) is 18.7 Å². The minimum atomic E-state index is -1.90. The van der Waals surface area contributed by atoms with E-state index in [1.54, 1.807) is 27.7 Å². The molecule has 1 aliphatic heterocycles. The van der Waals surface area contributed by atoms with Crippen LogP contribution >= 0.6 is 0 Å². The van der Waals surface area contributed by atoms with Crippen LogP contribution in [-0.2, 0) is 38.1 Å². The van der Waals surface area contributed by atoms with Crippen LogP contribution in [0.1, 0.15) is 47.8 Å². The summed E-state index contributed by atoms with van der Waals surface area (Å²) in [5, 5.41) is 25.7. The van der Waals surface area contributed by atoms with Gasteiger partial charge in [0.25, 0.3) is 5.56 Å². The predicted octanol–water partition coefficient (Wildman–Crippen LogP) is 1.76. The number of hydrogen-bond donors (Lipinski definition) is 3. The van der Waals surface area contributed by atoms with Crippen molar-refractivity contribution in [3.63, 3.8) is 0 Å². The number of aliphatic hydroxyl groups is 1. The number of hydrogen-bond acceptors (Lipinski definition) is 13. The van der Waals surface area contributed by atoms with Gasteiger partial charge in [-0.3, -0.25) is 24.5 Å². The number of rotatable bonds is 9. The zero-order valence-corrected chi connectivity index (χ0v) is 24.4. The lowest BCUT2D eigenvalue weighted by Gasteiger charge is -2.30. The van der Waals surface area contributed by atoms with E-state index in [4.69, 9.17) is 18.9 Å². The quantitative estimate of drug-likeness (QED) is 0.181. The molecule has 0 radical (unpaired) electrons. The fourth-order valence-electron chi connectivity index (χ4n) is 4.47. The summed E-state index contributed by atoms with van der Waals surface area (Å²) in [5.41, 5.74) is -2.17. The van der Waals surface area contributed by atoms with Crippen LogP contribution in [-0.4, -0.2) is 80.3 Å². The zero-order valence-electron chi connectivity index (χ0n) is 24.4. The normalized spacial score (nSPS) is 21.7. The molecule has 4 rings (SSSR count). The molecule has 1 aromatic carbocycles. The summed E-state index contributed by atoms with van der Waals surface area (Å²) in [5.74, 6) is -2.73. The van der Waals surface area contributed by atoms with Crippen LogP contribution in [0.15, 0.2) is 23.3 Å². The van der Waals surface area contributed by atoms with Crippen molar-refractivity contribution in [1.82, 2.24) is 20.0 Å². The lowest BCUT2D eigenvalue weighted by molar-refractivity contribution is -0.169. The molecule has 232 valence electrons. The molecule has 1 saturated heterocycles. The van der Waals surface area contributed by atoms with Gasteiger partial charge in [0.1, 0.15) is 23.8 Å². The highest BCUT2D eigenvalue weighted by Gasteiger charge is 2.57. The molecule has 3 N–H and O–H groups in total. The number of aromatic nitrogens is 4. The minimum Gasteiger partial charge on any atom is -0.463 e. The number of carbonyl (C=O) groups is 4. The Hall–Kier alpha value is -4.57. The number of H-pyrrole nitrogens is 1. The monoisotopic (exact) mass is 603 g/mol. The molecular weight excluding hydrogens is 570 g/mol. The van der Waals surface area contributed by atoms with E-state index in [2.05, 4.69) is 25.3 Å². The Morgan fingerprint density at radius 1 is 1.12 bits per heavy atom. The van der Waals surface area contributed by atoms with E-state index < -0.39 is 72.2 Å². The molecule has 0 aliphatic carbocycles. The van der Waals surface area contributed by atoms with E-state index in [9.17, 15) is 29.1 Å². The van der Waals surface area contributed by atoms with Crippen LogP contribution in [0.5, 0.6) is 0 Å². The standard InChI is InChI=1S/C27H33N5O11/c1-12(2)23(35)39-10-19-21(43-24(36)13(3)4)27(6,38)25(42-19)32-9-16-17(29-26(37)41-11-40-14(5)33)7-15-20(16)18(31-32)8-28-30-22(15)34/h7-9,12-13,19,21,25,38H,10-11H2,1-6H3,(H,29,37)(H,30,34). The van der Waals surface area contributed by atoms with E-state index in [0.29, 0.717) is 5.39 Å². The SMILES string of the molecule is CC(=O)OCOC(=O)Nc1cc2c(=O)[nH]ncc3nn(C4OC(COC(=O)C(C)C)C(OC(=O)C(C)C)C4(C)O)cc1c32. The van der Waals surface area contributed by atoms with Gasteiger partial charge in [-0.05, 0) is 13.0 Å². The summed E-state index contributed by atoms with van der Waals surface area (Å²) in [6.07, 6.45) is -1.93. The second-order valence-corrected chi connectivity index (χ2v) is 10.8. The third-order valence-electron chi connectivity index (χ3n) is 6.68. The zero-order chi connectivity index (χ0) is 31.6. The lowest BCUT2D eigenvalue weighted by Crippen LogP contribution is -2.48. The van der Waals surface area contributed by atoms with Crippen molar-refractivity contribution in [1.29, 1.82) is 0 Å². The Bertz CT molecular complexity index is 1610. The molecule has 0 spiro atoms. The van der Waals surface area contributed by atoms with E-state index in [-0.39, 0.29) is 28.6 Å². The first-order valence-electron chi connectivity index (χ1n) is 13.4. The fourth-order valence-corrected chi connectivity index (χ4v) is 4.47. The highest BCUT2D eigenvalue weighted by Crippen LogP contribution is 2.42. The van der Waals surface area contributed by atoms with Crippen molar-refractivity contribution in [2.45, 2.75) is 65.6 Å². The van der Waals surface area contributed by atoms with E-state index in [0.717, 1.165) is 6.92 Å². The average molecular weight is 604 g/mol. The average Bonchev–Trinajstić information content (AvgIpc) is 3.34.